The lowest BCUT2D eigenvalue weighted by molar-refractivity contribution is 0.0936. The van der Waals surface area contributed by atoms with Gasteiger partial charge in [0.15, 0.2) is 5.76 Å². The van der Waals surface area contributed by atoms with Crippen molar-refractivity contribution in [1.29, 1.82) is 0 Å². The molecule has 6 nitrogen and oxygen atoms in total. The highest BCUT2D eigenvalue weighted by Gasteiger charge is 2.24. The van der Waals surface area contributed by atoms with Crippen LogP contribution < -0.4 is 10.6 Å². The van der Waals surface area contributed by atoms with E-state index in [-0.39, 0.29) is 23.6 Å². The van der Waals surface area contributed by atoms with E-state index < -0.39 is 0 Å². The van der Waals surface area contributed by atoms with Gasteiger partial charge in [-0.25, -0.2) is 0 Å². The zero-order valence-corrected chi connectivity index (χ0v) is 16.9. The molecule has 0 aliphatic carbocycles. The second kappa shape index (κ2) is 8.97. The molecule has 0 bridgehead atoms. The van der Waals surface area contributed by atoms with Crippen molar-refractivity contribution in [2.24, 2.45) is 0 Å². The average Bonchev–Trinajstić information content (AvgIpc) is 3.43. The number of hydrogen-bond donors (Lipinski definition) is 2. The molecule has 1 fully saturated rings. The van der Waals surface area contributed by atoms with Crippen molar-refractivity contribution < 1.29 is 14.0 Å². The van der Waals surface area contributed by atoms with Crippen LogP contribution in [0.3, 0.4) is 0 Å². The van der Waals surface area contributed by atoms with Crippen molar-refractivity contribution >= 4 is 17.5 Å². The van der Waals surface area contributed by atoms with Gasteiger partial charge in [-0.05, 0) is 48.7 Å². The smallest absolute Gasteiger partial charge is 0.291 e. The summed E-state index contributed by atoms with van der Waals surface area (Å²) in [5.74, 6) is -0.239. The van der Waals surface area contributed by atoms with Crippen molar-refractivity contribution in [2.75, 3.05) is 18.4 Å². The molecule has 1 saturated heterocycles. The van der Waals surface area contributed by atoms with Crippen molar-refractivity contribution in [1.82, 2.24) is 10.2 Å². The lowest BCUT2D eigenvalue weighted by Gasteiger charge is -2.17. The van der Waals surface area contributed by atoms with Crippen LogP contribution in [-0.2, 0) is 6.54 Å². The summed E-state index contributed by atoms with van der Waals surface area (Å²) < 4.78 is 5.13. The largest absolute Gasteiger partial charge is 0.459 e. The van der Waals surface area contributed by atoms with Crippen LogP contribution in [0.5, 0.6) is 0 Å². The molecule has 1 aliphatic heterocycles. The fourth-order valence-corrected chi connectivity index (χ4v) is 3.69. The number of benzene rings is 2. The molecule has 0 radical (unpaired) electrons. The summed E-state index contributed by atoms with van der Waals surface area (Å²) in [6, 6.07) is 19.1. The van der Waals surface area contributed by atoms with Gasteiger partial charge in [-0.15, -0.1) is 0 Å². The maximum atomic E-state index is 12.8. The van der Waals surface area contributed by atoms with E-state index in [1.807, 2.05) is 31.2 Å². The summed E-state index contributed by atoms with van der Waals surface area (Å²) in [5.41, 5.74) is 3.28. The minimum Gasteiger partial charge on any atom is -0.459 e. The van der Waals surface area contributed by atoms with Crippen LogP contribution in [-0.4, -0.2) is 35.8 Å². The molecule has 0 saturated carbocycles. The van der Waals surface area contributed by atoms with Gasteiger partial charge < -0.3 is 15.1 Å². The fourth-order valence-electron chi connectivity index (χ4n) is 3.69. The third-order valence-electron chi connectivity index (χ3n) is 5.35. The van der Waals surface area contributed by atoms with Gasteiger partial charge in [-0.3, -0.25) is 14.5 Å². The van der Waals surface area contributed by atoms with Gasteiger partial charge in [-0.2, -0.15) is 0 Å². The molecule has 1 unspecified atom stereocenters. The predicted molar refractivity (Wildman–Crippen MR) is 115 cm³/mol. The van der Waals surface area contributed by atoms with Crippen LogP contribution in [0.2, 0.25) is 0 Å². The monoisotopic (exact) mass is 403 g/mol. The molecule has 30 heavy (non-hydrogen) atoms. The van der Waals surface area contributed by atoms with Gasteiger partial charge in [0.25, 0.3) is 11.8 Å². The van der Waals surface area contributed by atoms with E-state index in [0.29, 0.717) is 11.3 Å². The summed E-state index contributed by atoms with van der Waals surface area (Å²) in [4.78, 5) is 27.4. The van der Waals surface area contributed by atoms with Gasteiger partial charge in [0, 0.05) is 36.9 Å². The first-order valence-corrected chi connectivity index (χ1v) is 10.1. The normalized spacial score (nSPS) is 16.4. The van der Waals surface area contributed by atoms with E-state index in [2.05, 4.69) is 27.7 Å². The topological polar surface area (TPSA) is 74.6 Å². The molecular weight excluding hydrogens is 378 g/mol. The number of nitrogens with one attached hydrogen (secondary N) is 2. The van der Waals surface area contributed by atoms with E-state index in [4.69, 9.17) is 4.42 Å². The Balaban J connectivity index is 1.36. The molecule has 1 atom stereocenters. The minimum absolute atomic E-state index is 0.115. The maximum absolute atomic E-state index is 12.8. The maximum Gasteiger partial charge on any atom is 0.291 e. The van der Waals surface area contributed by atoms with Gasteiger partial charge >= 0.3 is 0 Å². The van der Waals surface area contributed by atoms with E-state index >= 15 is 0 Å². The number of anilines is 1. The molecule has 6 heteroatoms. The lowest BCUT2D eigenvalue weighted by Crippen LogP contribution is -2.37. The third-order valence-corrected chi connectivity index (χ3v) is 5.35. The Morgan fingerprint density at radius 1 is 1.07 bits per heavy atom. The van der Waals surface area contributed by atoms with Gasteiger partial charge in [-0.1, -0.05) is 36.4 Å². The fraction of sp³-hybridized carbons (Fsp3) is 0.250. The molecule has 1 aliphatic rings. The molecular formula is C24H25N3O3. The van der Waals surface area contributed by atoms with Crippen LogP contribution in [0, 0.1) is 6.92 Å². The summed E-state index contributed by atoms with van der Waals surface area (Å²) in [6.07, 6.45) is 2.38. The Hall–Kier alpha value is -3.38. The Labute approximate surface area is 175 Å². The molecule has 154 valence electrons. The van der Waals surface area contributed by atoms with Crippen molar-refractivity contribution in [3.63, 3.8) is 0 Å². The Morgan fingerprint density at radius 3 is 2.67 bits per heavy atom. The average molecular weight is 403 g/mol. The molecule has 1 aromatic heterocycles. The number of carbonyl (C=O) groups is 2. The molecule has 2 amide bonds. The first-order valence-electron chi connectivity index (χ1n) is 10.1. The van der Waals surface area contributed by atoms with E-state index in [1.54, 1.807) is 24.3 Å². The van der Waals surface area contributed by atoms with Crippen molar-refractivity contribution in [3.05, 3.63) is 89.4 Å². The first-order chi connectivity index (χ1) is 14.6. The standard InChI is InChI=1S/C24H25N3O3/c1-17-9-10-19(14-21(17)26-24(29)22-8-5-13-30-22)23(28)25-20-11-12-27(16-20)15-18-6-3-2-4-7-18/h2-10,13-14,20H,11-12,15-16H2,1H3,(H,25,28)(H,26,29). The quantitative estimate of drug-likeness (QED) is 0.656. The molecule has 4 rings (SSSR count). The van der Waals surface area contributed by atoms with Crippen molar-refractivity contribution in [3.8, 4) is 0 Å². The second-order valence-corrected chi connectivity index (χ2v) is 7.64. The highest BCUT2D eigenvalue weighted by atomic mass is 16.3. The Kier molecular flexibility index (Phi) is 5.95. The number of amides is 2. The molecule has 0 spiro atoms. The van der Waals surface area contributed by atoms with Gasteiger partial charge in [0.2, 0.25) is 0 Å². The Morgan fingerprint density at radius 2 is 1.90 bits per heavy atom. The third kappa shape index (κ3) is 4.78. The van der Waals surface area contributed by atoms with Crippen LogP contribution >= 0.6 is 0 Å². The molecule has 3 aromatic rings. The molecule has 2 heterocycles. The zero-order chi connectivity index (χ0) is 20.9. The number of nitrogens with zero attached hydrogens (tertiary/aromatic N) is 1. The van der Waals surface area contributed by atoms with Crippen LogP contribution in [0.4, 0.5) is 5.69 Å². The number of hydrogen-bond acceptors (Lipinski definition) is 4. The SMILES string of the molecule is Cc1ccc(C(=O)NC2CCN(Cc3ccccc3)C2)cc1NC(=O)c1ccco1. The second-order valence-electron chi connectivity index (χ2n) is 7.64. The van der Waals surface area contributed by atoms with Crippen LogP contribution in [0.25, 0.3) is 0 Å². The minimum atomic E-state index is -0.340. The predicted octanol–water partition coefficient (Wildman–Crippen LogP) is 3.84. The van der Waals surface area contributed by atoms with E-state index in [0.717, 1.165) is 31.6 Å². The van der Waals surface area contributed by atoms with Gasteiger partial charge in [0.1, 0.15) is 0 Å². The lowest BCUT2D eigenvalue weighted by atomic mass is 10.1. The van der Waals surface area contributed by atoms with Gasteiger partial charge in [0.05, 0.1) is 6.26 Å². The highest BCUT2D eigenvalue weighted by molar-refractivity contribution is 6.04. The summed E-state index contributed by atoms with van der Waals surface area (Å²) in [7, 11) is 0. The molecule has 2 aromatic carbocycles. The Bertz CT molecular complexity index is 1020. The number of aryl methyl sites for hydroxylation is 1. The zero-order valence-electron chi connectivity index (χ0n) is 16.9. The first kappa shape index (κ1) is 19.9. The summed E-state index contributed by atoms with van der Waals surface area (Å²) >= 11 is 0. The van der Waals surface area contributed by atoms with Crippen molar-refractivity contribution in [2.45, 2.75) is 25.9 Å². The van der Waals surface area contributed by atoms with E-state index in [1.165, 1.54) is 11.8 Å². The number of likely N-dealkylation sites (tertiary alicyclic amines) is 1. The summed E-state index contributed by atoms with van der Waals surface area (Å²) in [6.45, 7) is 4.56. The highest BCUT2D eigenvalue weighted by Crippen LogP contribution is 2.19. The van der Waals surface area contributed by atoms with Crippen LogP contribution in [0.15, 0.2) is 71.3 Å². The van der Waals surface area contributed by atoms with Crippen LogP contribution in [0.1, 0.15) is 38.5 Å². The number of furan rings is 1. The summed E-state index contributed by atoms with van der Waals surface area (Å²) in [5, 5.41) is 5.94. The van der Waals surface area contributed by atoms with E-state index in [9.17, 15) is 9.59 Å². The molecule has 2 N–H and O–H groups in total. The number of rotatable bonds is 6. The number of carbonyl (C=O) groups excluding carboxylic acids is 2.